The van der Waals surface area contributed by atoms with Gasteiger partial charge in [0, 0.05) is 25.4 Å². The Morgan fingerprint density at radius 1 is 1.48 bits per heavy atom. The van der Waals surface area contributed by atoms with E-state index in [2.05, 4.69) is 4.98 Å². The number of likely N-dealkylation sites (N-methyl/N-ethyl adjacent to an activating group) is 1. The molecule has 0 aliphatic carbocycles. The fraction of sp³-hybridized carbons (Fsp3) is 0.571. The highest BCUT2D eigenvalue weighted by Crippen LogP contribution is 2.13. The number of carbonyl (C=O) groups is 1. The molecule has 1 rings (SSSR count). The van der Waals surface area contributed by atoms with Crippen molar-refractivity contribution in [2.75, 3.05) is 19.7 Å². The zero-order valence-corrected chi connectivity index (χ0v) is 12.3. The monoisotopic (exact) mass is 302 g/mol. The van der Waals surface area contributed by atoms with E-state index >= 15 is 0 Å². The number of carbonyl (C=O) groups excluding carboxylic acids is 1. The Bertz CT molecular complexity index is 458. The van der Waals surface area contributed by atoms with E-state index in [1.54, 1.807) is 20.8 Å². The van der Waals surface area contributed by atoms with E-state index in [1.807, 2.05) is 0 Å². The lowest BCUT2D eigenvalue weighted by Gasteiger charge is -2.28. The average Bonchev–Trinajstić information content (AvgIpc) is 2.41. The molecule has 0 radical (unpaired) electrons. The van der Waals surface area contributed by atoms with Gasteiger partial charge in [-0.2, -0.15) is 0 Å². The molecule has 0 aliphatic rings. The third-order valence-electron chi connectivity index (χ3n) is 2.59. The van der Waals surface area contributed by atoms with Gasteiger partial charge in [-0.1, -0.05) is 0 Å². The summed E-state index contributed by atoms with van der Waals surface area (Å²) in [4.78, 5) is 17.5. The molecule has 1 heterocycles. The lowest BCUT2D eigenvalue weighted by atomic mass is 10.1. The summed E-state index contributed by atoms with van der Waals surface area (Å²) in [6, 6.07) is 2.83. The molecule has 0 atom stereocenters. The number of amides is 1. The minimum Gasteiger partial charge on any atom is -0.472 e. The van der Waals surface area contributed by atoms with Gasteiger partial charge in [-0.3, -0.25) is 4.79 Å². The van der Waals surface area contributed by atoms with E-state index in [0.29, 0.717) is 12.1 Å². The van der Waals surface area contributed by atoms with Crippen molar-refractivity contribution in [3.63, 3.8) is 0 Å². The first-order chi connectivity index (χ1) is 9.73. The zero-order chi connectivity index (χ0) is 16.0. The number of rotatable bonds is 7. The molecule has 21 heavy (non-hydrogen) atoms. The van der Waals surface area contributed by atoms with E-state index in [0.717, 1.165) is 0 Å². The normalized spacial score (nSPS) is 11.6. The molecule has 118 valence electrons. The summed E-state index contributed by atoms with van der Waals surface area (Å²) in [6.45, 7) is 4.92. The standard InChI is InChI=1S/C14H20F2N2O3/c1-4-18(9-14(2,3)20)13(19)10-5-6-12(17-7-10)21-8-11(15)16/h5-7,11,20H,4,8-9H2,1-3H3. The van der Waals surface area contributed by atoms with Gasteiger partial charge in [-0.15, -0.1) is 0 Å². The van der Waals surface area contributed by atoms with Crippen LogP contribution in [0.5, 0.6) is 5.88 Å². The Labute approximate surface area is 122 Å². The number of hydrogen-bond acceptors (Lipinski definition) is 4. The molecular weight excluding hydrogens is 282 g/mol. The van der Waals surface area contributed by atoms with Crippen LogP contribution in [-0.2, 0) is 0 Å². The summed E-state index contributed by atoms with van der Waals surface area (Å²) < 4.78 is 28.7. The number of aromatic nitrogens is 1. The number of alkyl halides is 2. The summed E-state index contributed by atoms with van der Waals surface area (Å²) in [7, 11) is 0. The largest absolute Gasteiger partial charge is 0.472 e. The molecule has 1 aromatic heterocycles. The third kappa shape index (κ3) is 6.03. The number of halogens is 2. The average molecular weight is 302 g/mol. The molecule has 0 saturated heterocycles. The van der Waals surface area contributed by atoms with Crippen molar-refractivity contribution in [1.29, 1.82) is 0 Å². The van der Waals surface area contributed by atoms with Gasteiger partial charge in [0.2, 0.25) is 5.88 Å². The van der Waals surface area contributed by atoms with Crippen molar-refractivity contribution in [1.82, 2.24) is 9.88 Å². The highest BCUT2D eigenvalue weighted by molar-refractivity contribution is 5.94. The number of pyridine rings is 1. The van der Waals surface area contributed by atoms with Gasteiger partial charge in [0.05, 0.1) is 11.2 Å². The second-order valence-corrected chi connectivity index (χ2v) is 5.22. The van der Waals surface area contributed by atoms with Gasteiger partial charge in [0.25, 0.3) is 12.3 Å². The molecule has 0 saturated carbocycles. The number of nitrogens with zero attached hydrogens (tertiary/aromatic N) is 2. The van der Waals surface area contributed by atoms with E-state index in [4.69, 9.17) is 4.74 Å². The Balaban J connectivity index is 2.73. The molecule has 0 unspecified atom stereocenters. The van der Waals surface area contributed by atoms with Crippen LogP contribution in [-0.4, -0.2) is 52.6 Å². The fourth-order valence-electron chi connectivity index (χ4n) is 1.72. The van der Waals surface area contributed by atoms with Gasteiger partial charge < -0.3 is 14.7 Å². The molecule has 0 aromatic carbocycles. The van der Waals surface area contributed by atoms with E-state index in [1.165, 1.54) is 23.2 Å². The quantitative estimate of drug-likeness (QED) is 0.836. The maximum absolute atomic E-state index is 12.2. The molecule has 7 heteroatoms. The Kier molecular flexibility index (Phi) is 6.02. The van der Waals surface area contributed by atoms with Crippen molar-refractivity contribution in [3.8, 4) is 5.88 Å². The van der Waals surface area contributed by atoms with Crippen LogP contribution < -0.4 is 4.74 Å². The number of aliphatic hydroxyl groups is 1. The summed E-state index contributed by atoms with van der Waals surface area (Å²) in [5, 5.41) is 9.78. The van der Waals surface area contributed by atoms with Gasteiger partial charge in [-0.05, 0) is 26.8 Å². The lowest BCUT2D eigenvalue weighted by Crippen LogP contribution is -2.42. The molecule has 1 N–H and O–H groups in total. The van der Waals surface area contributed by atoms with Crippen LogP contribution >= 0.6 is 0 Å². The zero-order valence-electron chi connectivity index (χ0n) is 12.3. The number of hydrogen-bond donors (Lipinski definition) is 1. The first-order valence-electron chi connectivity index (χ1n) is 6.61. The van der Waals surface area contributed by atoms with Crippen molar-refractivity contribution in [2.24, 2.45) is 0 Å². The summed E-state index contributed by atoms with van der Waals surface area (Å²) in [5.41, 5.74) is -0.690. The maximum atomic E-state index is 12.2. The van der Waals surface area contributed by atoms with Gasteiger partial charge in [0.1, 0.15) is 0 Å². The van der Waals surface area contributed by atoms with Crippen LogP contribution in [0, 0.1) is 0 Å². The lowest BCUT2D eigenvalue weighted by molar-refractivity contribution is 0.0314. The molecule has 0 fully saturated rings. The Hall–Kier alpha value is -1.76. The molecular formula is C14H20F2N2O3. The van der Waals surface area contributed by atoms with Crippen LogP contribution in [0.3, 0.4) is 0 Å². The minimum atomic E-state index is -2.57. The van der Waals surface area contributed by atoms with Crippen LogP contribution in [0.15, 0.2) is 18.3 Å². The smallest absolute Gasteiger partial charge is 0.272 e. The van der Waals surface area contributed by atoms with E-state index in [9.17, 15) is 18.7 Å². The van der Waals surface area contributed by atoms with Crippen LogP contribution in [0.25, 0.3) is 0 Å². The molecule has 0 aliphatic heterocycles. The number of ether oxygens (including phenoxy) is 1. The van der Waals surface area contributed by atoms with Gasteiger partial charge >= 0.3 is 0 Å². The summed E-state index contributed by atoms with van der Waals surface area (Å²) >= 11 is 0. The first-order valence-corrected chi connectivity index (χ1v) is 6.61. The second-order valence-electron chi connectivity index (χ2n) is 5.22. The predicted molar refractivity (Wildman–Crippen MR) is 73.6 cm³/mol. The van der Waals surface area contributed by atoms with Crippen LogP contribution in [0.4, 0.5) is 8.78 Å². The van der Waals surface area contributed by atoms with Crippen molar-refractivity contribution in [2.45, 2.75) is 32.8 Å². The topological polar surface area (TPSA) is 62.7 Å². The highest BCUT2D eigenvalue weighted by atomic mass is 19.3. The Morgan fingerprint density at radius 2 is 2.14 bits per heavy atom. The van der Waals surface area contributed by atoms with Gasteiger partial charge in [0.15, 0.2) is 6.61 Å². The minimum absolute atomic E-state index is 0.0392. The predicted octanol–water partition coefficient (Wildman–Crippen LogP) is 1.96. The summed E-state index contributed by atoms with van der Waals surface area (Å²) in [5.74, 6) is -0.245. The molecule has 0 spiro atoms. The van der Waals surface area contributed by atoms with E-state index in [-0.39, 0.29) is 18.3 Å². The van der Waals surface area contributed by atoms with Crippen molar-refractivity contribution in [3.05, 3.63) is 23.9 Å². The SMILES string of the molecule is CCN(CC(C)(C)O)C(=O)c1ccc(OCC(F)F)nc1. The van der Waals surface area contributed by atoms with Crippen molar-refractivity contribution >= 4 is 5.91 Å². The summed E-state index contributed by atoms with van der Waals surface area (Å²) in [6.07, 6.45) is -1.30. The van der Waals surface area contributed by atoms with Gasteiger partial charge in [-0.25, -0.2) is 13.8 Å². The highest BCUT2D eigenvalue weighted by Gasteiger charge is 2.22. The second kappa shape index (κ2) is 7.31. The van der Waals surface area contributed by atoms with Crippen molar-refractivity contribution < 1.29 is 23.4 Å². The molecule has 1 amide bonds. The Morgan fingerprint density at radius 3 is 2.57 bits per heavy atom. The molecule has 1 aromatic rings. The van der Waals surface area contributed by atoms with E-state index < -0.39 is 18.6 Å². The van der Waals surface area contributed by atoms with Crippen LogP contribution in [0.1, 0.15) is 31.1 Å². The third-order valence-corrected chi connectivity index (χ3v) is 2.59. The first kappa shape index (κ1) is 17.3. The van der Waals surface area contributed by atoms with Crippen LogP contribution in [0.2, 0.25) is 0 Å². The fourth-order valence-corrected chi connectivity index (χ4v) is 1.72. The molecule has 0 bridgehead atoms. The maximum Gasteiger partial charge on any atom is 0.272 e. The molecule has 5 nitrogen and oxygen atoms in total.